The monoisotopic (exact) mass is 338 g/mol. The van der Waals surface area contributed by atoms with Crippen LogP contribution in [0.25, 0.3) is 0 Å². The Labute approximate surface area is 124 Å². The molecule has 0 saturated carbocycles. The third kappa shape index (κ3) is 3.28. The van der Waals surface area contributed by atoms with E-state index in [-0.39, 0.29) is 13.1 Å². The molecular formula is C11H18N2O6S2. The van der Waals surface area contributed by atoms with Gasteiger partial charge in [0, 0.05) is 19.2 Å². The van der Waals surface area contributed by atoms with Gasteiger partial charge in [-0.05, 0) is 13.1 Å². The number of nitrogens with zero attached hydrogens (tertiary/aromatic N) is 1. The number of hydrogen-bond acceptors (Lipinski definition) is 6. The minimum Gasteiger partial charge on any atom is -0.504 e. The van der Waals surface area contributed by atoms with Crippen LogP contribution >= 0.6 is 0 Å². The van der Waals surface area contributed by atoms with Crippen molar-refractivity contribution in [1.29, 1.82) is 0 Å². The number of sulfonamides is 2. The summed E-state index contributed by atoms with van der Waals surface area (Å²) in [6, 6.07) is 1.59. The quantitative estimate of drug-likeness (QED) is 0.629. The van der Waals surface area contributed by atoms with Crippen molar-refractivity contribution in [2.24, 2.45) is 0 Å². The van der Waals surface area contributed by atoms with E-state index in [4.69, 9.17) is 0 Å². The van der Waals surface area contributed by atoms with Crippen molar-refractivity contribution < 1.29 is 27.0 Å². The lowest BCUT2D eigenvalue weighted by molar-refractivity contribution is 0.385. The standard InChI is InChI=1S/C11H18N2O6S2/c1-4-13(5-2)21(18,19)10-7-8(20(16,17)12-3)6-9(14)11(10)15/h6-7,12,14-15H,4-5H2,1-3H3. The second kappa shape index (κ2) is 6.18. The van der Waals surface area contributed by atoms with Gasteiger partial charge in [-0.3, -0.25) is 0 Å². The van der Waals surface area contributed by atoms with Crippen molar-refractivity contribution >= 4 is 20.0 Å². The van der Waals surface area contributed by atoms with Crippen LogP contribution in [0.1, 0.15) is 13.8 Å². The highest BCUT2D eigenvalue weighted by molar-refractivity contribution is 7.90. The van der Waals surface area contributed by atoms with Crippen molar-refractivity contribution in [1.82, 2.24) is 9.03 Å². The van der Waals surface area contributed by atoms with Gasteiger partial charge in [0.1, 0.15) is 4.90 Å². The van der Waals surface area contributed by atoms with Crippen molar-refractivity contribution in [2.75, 3.05) is 20.1 Å². The van der Waals surface area contributed by atoms with E-state index in [1.165, 1.54) is 0 Å². The number of benzene rings is 1. The Bertz CT molecular complexity index is 723. The Morgan fingerprint density at radius 3 is 2.05 bits per heavy atom. The van der Waals surface area contributed by atoms with Gasteiger partial charge in [0.05, 0.1) is 4.90 Å². The molecule has 120 valence electrons. The van der Waals surface area contributed by atoms with E-state index in [0.717, 1.165) is 23.5 Å². The normalized spacial score (nSPS) is 12.8. The van der Waals surface area contributed by atoms with Crippen molar-refractivity contribution in [3.05, 3.63) is 12.1 Å². The Morgan fingerprint density at radius 2 is 1.62 bits per heavy atom. The molecule has 0 spiro atoms. The van der Waals surface area contributed by atoms with Gasteiger partial charge in [-0.2, -0.15) is 4.31 Å². The minimum atomic E-state index is -4.11. The predicted molar refractivity (Wildman–Crippen MR) is 76.1 cm³/mol. The highest BCUT2D eigenvalue weighted by atomic mass is 32.2. The van der Waals surface area contributed by atoms with Crippen molar-refractivity contribution in [3.8, 4) is 11.5 Å². The topological polar surface area (TPSA) is 124 Å². The zero-order valence-corrected chi connectivity index (χ0v) is 13.5. The number of phenolic OH excluding ortho intramolecular Hbond substituents is 2. The molecule has 0 bridgehead atoms. The molecule has 0 aliphatic carbocycles. The zero-order valence-electron chi connectivity index (χ0n) is 11.9. The third-order valence-corrected chi connectivity index (χ3v) is 6.39. The SMILES string of the molecule is CCN(CC)S(=O)(=O)c1cc(S(=O)(=O)NC)cc(O)c1O. The number of rotatable bonds is 6. The molecule has 1 rings (SSSR count). The molecule has 0 aromatic heterocycles. The molecule has 3 N–H and O–H groups in total. The van der Waals surface area contributed by atoms with Crippen LogP contribution in [0.5, 0.6) is 11.5 Å². The summed E-state index contributed by atoms with van der Waals surface area (Å²) in [6.45, 7) is 3.49. The molecule has 0 aliphatic heterocycles. The predicted octanol–water partition coefficient (Wildman–Crippen LogP) is 0.0364. The summed E-state index contributed by atoms with van der Waals surface area (Å²) in [4.78, 5) is -1.11. The van der Waals surface area contributed by atoms with Gasteiger partial charge in [0.15, 0.2) is 11.5 Å². The lowest BCUT2D eigenvalue weighted by Crippen LogP contribution is -2.31. The number of aromatic hydroxyl groups is 2. The minimum absolute atomic E-state index is 0.141. The summed E-state index contributed by atoms with van der Waals surface area (Å²) < 4.78 is 51.3. The lowest BCUT2D eigenvalue weighted by Gasteiger charge is -2.20. The first kappa shape index (κ1) is 17.7. The van der Waals surface area contributed by atoms with Crippen LogP contribution in [0, 0.1) is 0 Å². The number of hydrogen-bond donors (Lipinski definition) is 3. The molecule has 10 heteroatoms. The Hall–Kier alpha value is -1.36. The van der Waals surface area contributed by atoms with E-state index in [1.807, 2.05) is 4.72 Å². The summed E-state index contributed by atoms with van der Waals surface area (Å²) in [5.41, 5.74) is 0. The van der Waals surface area contributed by atoms with Crippen LogP contribution in [0.15, 0.2) is 21.9 Å². The fourth-order valence-corrected chi connectivity index (χ4v) is 4.17. The van der Waals surface area contributed by atoms with Crippen LogP contribution in [-0.4, -0.2) is 51.5 Å². The van der Waals surface area contributed by atoms with Gasteiger partial charge in [0.25, 0.3) is 0 Å². The Kier molecular flexibility index (Phi) is 5.20. The van der Waals surface area contributed by atoms with Gasteiger partial charge in [-0.15, -0.1) is 0 Å². The maximum absolute atomic E-state index is 12.4. The molecule has 0 amide bonds. The van der Waals surface area contributed by atoms with Gasteiger partial charge in [-0.25, -0.2) is 21.6 Å². The van der Waals surface area contributed by atoms with E-state index in [0.29, 0.717) is 0 Å². The maximum Gasteiger partial charge on any atom is 0.246 e. The second-order valence-electron chi connectivity index (χ2n) is 4.09. The Balaban J connectivity index is 3.65. The van der Waals surface area contributed by atoms with Gasteiger partial charge in [-0.1, -0.05) is 13.8 Å². The third-order valence-electron chi connectivity index (χ3n) is 2.93. The van der Waals surface area contributed by atoms with Gasteiger partial charge < -0.3 is 10.2 Å². The van der Waals surface area contributed by atoms with E-state index in [2.05, 4.69) is 0 Å². The number of phenols is 2. The molecule has 0 unspecified atom stereocenters. The van der Waals surface area contributed by atoms with Crippen LogP contribution in [0.4, 0.5) is 0 Å². The summed E-state index contributed by atoms with van der Waals surface area (Å²) in [7, 11) is -6.93. The average Bonchev–Trinajstić information content (AvgIpc) is 2.42. The maximum atomic E-state index is 12.4. The molecule has 8 nitrogen and oxygen atoms in total. The molecule has 0 saturated heterocycles. The van der Waals surface area contributed by atoms with Gasteiger partial charge >= 0.3 is 0 Å². The Morgan fingerprint density at radius 1 is 1.10 bits per heavy atom. The highest BCUT2D eigenvalue weighted by Crippen LogP contribution is 2.36. The van der Waals surface area contributed by atoms with Crippen LogP contribution in [0.3, 0.4) is 0 Å². The molecule has 1 aromatic carbocycles. The average molecular weight is 338 g/mol. The second-order valence-corrected chi connectivity index (χ2v) is 7.88. The van der Waals surface area contributed by atoms with Gasteiger partial charge in [0.2, 0.25) is 20.0 Å². The fraction of sp³-hybridized carbons (Fsp3) is 0.455. The molecule has 0 fully saturated rings. The van der Waals surface area contributed by atoms with Crippen LogP contribution in [0.2, 0.25) is 0 Å². The summed E-state index contributed by atoms with van der Waals surface area (Å²) >= 11 is 0. The lowest BCUT2D eigenvalue weighted by atomic mass is 10.3. The van der Waals surface area contributed by atoms with Crippen LogP contribution < -0.4 is 4.72 Å². The first-order valence-electron chi connectivity index (χ1n) is 6.11. The van der Waals surface area contributed by atoms with E-state index in [9.17, 15) is 27.0 Å². The fourth-order valence-electron chi connectivity index (χ4n) is 1.74. The smallest absolute Gasteiger partial charge is 0.246 e. The first-order valence-corrected chi connectivity index (χ1v) is 9.03. The molecule has 0 radical (unpaired) electrons. The summed E-state index contributed by atoms with van der Waals surface area (Å²) in [5.74, 6) is -1.70. The number of nitrogens with one attached hydrogen (secondary N) is 1. The van der Waals surface area contributed by atoms with Crippen molar-refractivity contribution in [3.63, 3.8) is 0 Å². The van der Waals surface area contributed by atoms with E-state index >= 15 is 0 Å². The first-order chi connectivity index (χ1) is 9.61. The summed E-state index contributed by atoms with van der Waals surface area (Å²) in [6.07, 6.45) is 0. The van der Waals surface area contributed by atoms with Crippen molar-refractivity contribution in [2.45, 2.75) is 23.6 Å². The summed E-state index contributed by atoms with van der Waals surface area (Å²) in [5, 5.41) is 19.4. The molecule has 0 atom stereocenters. The zero-order chi connectivity index (χ0) is 16.4. The molecular weight excluding hydrogens is 320 g/mol. The van der Waals surface area contributed by atoms with E-state index in [1.54, 1.807) is 13.8 Å². The van der Waals surface area contributed by atoms with Crippen LogP contribution in [-0.2, 0) is 20.0 Å². The highest BCUT2D eigenvalue weighted by Gasteiger charge is 2.29. The molecule has 21 heavy (non-hydrogen) atoms. The largest absolute Gasteiger partial charge is 0.504 e. The molecule has 0 aliphatic rings. The molecule has 1 aromatic rings. The molecule has 0 heterocycles. The van der Waals surface area contributed by atoms with E-state index < -0.39 is 41.3 Å².